The maximum atomic E-state index is 10.3. The second kappa shape index (κ2) is 19.0. The molecule has 0 saturated heterocycles. The van der Waals surface area contributed by atoms with Crippen LogP contribution >= 0.6 is 0 Å². The van der Waals surface area contributed by atoms with Crippen LogP contribution in [0, 0.1) is 0 Å². The van der Waals surface area contributed by atoms with Gasteiger partial charge in [0.2, 0.25) is 0 Å². The predicted molar refractivity (Wildman–Crippen MR) is 105 cm³/mol. The van der Waals surface area contributed by atoms with Gasteiger partial charge in [0.15, 0.2) is 0 Å². The van der Waals surface area contributed by atoms with Gasteiger partial charge < -0.3 is 5.11 Å². The van der Waals surface area contributed by atoms with Gasteiger partial charge in [0, 0.05) is 6.42 Å². The number of hydrogen-bond donors (Lipinski definition) is 1. The lowest BCUT2D eigenvalue weighted by Crippen LogP contribution is -1.91. The maximum absolute atomic E-state index is 10.3. The Balaban J connectivity index is 3.51. The Kier molecular flexibility index (Phi) is 17.3. The number of aliphatic carboxylic acids is 1. The van der Waals surface area contributed by atoms with Gasteiger partial charge in [-0.15, -0.1) is 0 Å². The van der Waals surface area contributed by atoms with Crippen LogP contribution in [0.5, 0.6) is 0 Å². The van der Waals surface area contributed by atoms with Crippen LogP contribution < -0.4 is 0 Å². The first kappa shape index (κ1) is 21.9. The average Bonchev–Trinajstić information content (AvgIpc) is 2.56. The quantitative estimate of drug-likeness (QED) is 0.367. The SMILES string of the molecule is CC/C=C\C/C=C\C/C=C/C/C=C\C/C=C/C/C=C\CCC(=O)O. The molecule has 0 amide bonds. The van der Waals surface area contributed by atoms with Gasteiger partial charge in [-0.2, -0.15) is 0 Å². The first-order valence-electron chi connectivity index (χ1n) is 8.89. The molecule has 0 heterocycles. The zero-order valence-electron chi connectivity index (χ0n) is 14.9. The molecule has 0 spiro atoms. The van der Waals surface area contributed by atoms with E-state index in [4.69, 9.17) is 5.11 Å². The summed E-state index contributed by atoms with van der Waals surface area (Å²) in [7, 11) is 0. The van der Waals surface area contributed by atoms with Gasteiger partial charge in [-0.25, -0.2) is 0 Å². The standard InChI is InChI=1S/C22H32O2/c1-2-3-4-5-6-7-8-9-10-11-12-13-14-15-16-17-18-19-20-21-22(23)24/h3-4,6-7,9-10,12-13,15-16,18-19H,2,5,8,11,14,17,20-21H2,1H3,(H,23,24)/b4-3-,7-6-,10-9+,13-12-,16-15+,19-18-. The molecule has 0 aromatic carbocycles. The third-order valence-corrected chi connectivity index (χ3v) is 3.12. The molecular formula is C22H32O2. The summed E-state index contributed by atoms with van der Waals surface area (Å²) >= 11 is 0. The molecule has 0 aliphatic heterocycles. The van der Waals surface area contributed by atoms with Crippen LogP contribution in [0.2, 0.25) is 0 Å². The molecular weight excluding hydrogens is 296 g/mol. The maximum Gasteiger partial charge on any atom is 0.303 e. The fourth-order valence-electron chi connectivity index (χ4n) is 1.85. The zero-order valence-corrected chi connectivity index (χ0v) is 14.9. The van der Waals surface area contributed by atoms with Crippen molar-refractivity contribution in [2.24, 2.45) is 0 Å². The average molecular weight is 328 g/mol. The van der Waals surface area contributed by atoms with Crippen molar-refractivity contribution in [1.82, 2.24) is 0 Å². The Hall–Kier alpha value is -2.09. The highest BCUT2D eigenvalue weighted by atomic mass is 16.4. The van der Waals surface area contributed by atoms with Crippen LogP contribution in [-0.4, -0.2) is 11.1 Å². The van der Waals surface area contributed by atoms with E-state index in [0.717, 1.165) is 38.5 Å². The summed E-state index contributed by atoms with van der Waals surface area (Å²) < 4.78 is 0. The molecule has 0 unspecified atom stereocenters. The topological polar surface area (TPSA) is 37.3 Å². The van der Waals surface area contributed by atoms with E-state index in [-0.39, 0.29) is 6.42 Å². The minimum atomic E-state index is -0.741. The number of carboxylic acid groups (broad SMARTS) is 1. The molecule has 0 bridgehead atoms. The van der Waals surface area contributed by atoms with E-state index in [1.807, 2.05) is 12.2 Å². The van der Waals surface area contributed by atoms with E-state index in [2.05, 4.69) is 67.7 Å². The summed E-state index contributed by atoms with van der Waals surface area (Å²) in [5.41, 5.74) is 0. The van der Waals surface area contributed by atoms with E-state index in [1.54, 1.807) is 0 Å². The lowest BCUT2D eigenvalue weighted by atomic mass is 10.2. The van der Waals surface area contributed by atoms with Crippen molar-refractivity contribution in [3.05, 3.63) is 72.9 Å². The largest absolute Gasteiger partial charge is 0.481 e. The van der Waals surface area contributed by atoms with Gasteiger partial charge in [-0.05, 0) is 44.9 Å². The van der Waals surface area contributed by atoms with E-state index in [0.29, 0.717) is 6.42 Å². The van der Waals surface area contributed by atoms with Crippen LogP contribution in [0.4, 0.5) is 0 Å². The van der Waals surface area contributed by atoms with E-state index in [9.17, 15) is 4.79 Å². The Morgan fingerprint density at radius 1 is 0.625 bits per heavy atom. The Bertz CT molecular complexity index is 462. The Labute approximate surface area is 147 Å². The van der Waals surface area contributed by atoms with Crippen molar-refractivity contribution < 1.29 is 9.90 Å². The van der Waals surface area contributed by atoms with Crippen LogP contribution in [0.15, 0.2) is 72.9 Å². The summed E-state index contributed by atoms with van der Waals surface area (Å²) in [4.78, 5) is 10.3. The van der Waals surface area contributed by atoms with Crippen molar-refractivity contribution in [3.8, 4) is 0 Å². The van der Waals surface area contributed by atoms with Crippen molar-refractivity contribution in [2.75, 3.05) is 0 Å². The molecule has 0 saturated carbocycles. The monoisotopic (exact) mass is 328 g/mol. The predicted octanol–water partition coefficient (Wildman–Crippen LogP) is 6.55. The van der Waals surface area contributed by atoms with Crippen molar-refractivity contribution in [2.45, 2.75) is 58.3 Å². The first-order valence-corrected chi connectivity index (χ1v) is 8.89. The molecule has 1 N–H and O–H groups in total. The van der Waals surface area contributed by atoms with Gasteiger partial charge in [0.1, 0.15) is 0 Å². The van der Waals surface area contributed by atoms with E-state index < -0.39 is 5.97 Å². The van der Waals surface area contributed by atoms with Crippen molar-refractivity contribution in [1.29, 1.82) is 0 Å². The van der Waals surface area contributed by atoms with E-state index in [1.165, 1.54) is 0 Å². The van der Waals surface area contributed by atoms with Crippen molar-refractivity contribution in [3.63, 3.8) is 0 Å². The summed E-state index contributed by atoms with van der Waals surface area (Å²) in [6.45, 7) is 2.15. The summed E-state index contributed by atoms with van der Waals surface area (Å²) in [5.74, 6) is -0.741. The highest BCUT2D eigenvalue weighted by Gasteiger charge is 1.90. The first-order chi connectivity index (χ1) is 11.8. The normalized spacial score (nSPS) is 13.0. The second-order valence-electron chi connectivity index (χ2n) is 5.35. The molecule has 132 valence electrons. The lowest BCUT2D eigenvalue weighted by molar-refractivity contribution is -0.136. The smallest absolute Gasteiger partial charge is 0.303 e. The molecule has 24 heavy (non-hydrogen) atoms. The van der Waals surface area contributed by atoms with Crippen LogP contribution in [0.3, 0.4) is 0 Å². The second-order valence-corrected chi connectivity index (χ2v) is 5.35. The molecule has 0 aliphatic rings. The fraction of sp³-hybridized carbons (Fsp3) is 0.409. The number of rotatable bonds is 14. The minimum absolute atomic E-state index is 0.210. The number of hydrogen-bond acceptors (Lipinski definition) is 1. The molecule has 2 nitrogen and oxygen atoms in total. The van der Waals surface area contributed by atoms with Gasteiger partial charge >= 0.3 is 5.97 Å². The number of allylic oxidation sites excluding steroid dienone is 12. The van der Waals surface area contributed by atoms with E-state index >= 15 is 0 Å². The van der Waals surface area contributed by atoms with Crippen molar-refractivity contribution >= 4 is 5.97 Å². The van der Waals surface area contributed by atoms with Crippen LogP contribution in [0.1, 0.15) is 58.3 Å². The summed E-state index contributed by atoms with van der Waals surface area (Å²) in [5, 5.41) is 8.49. The highest BCUT2D eigenvalue weighted by molar-refractivity contribution is 5.66. The third kappa shape index (κ3) is 19.9. The summed E-state index contributed by atoms with van der Waals surface area (Å²) in [6.07, 6.45) is 32.5. The highest BCUT2D eigenvalue weighted by Crippen LogP contribution is 1.97. The molecule has 0 rings (SSSR count). The number of carbonyl (C=O) groups is 1. The Morgan fingerprint density at radius 3 is 1.29 bits per heavy atom. The molecule has 0 aromatic heterocycles. The van der Waals surface area contributed by atoms with Gasteiger partial charge in [-0.1, -0.05) is 79.8 Å². The van der Waals surface area contributed by atoms with Crippen LogP contribution in [0.25, 0.3) is 0 Å². The molecule has 2 heteroatoms. The van der Waals surface area contributed by atoms with Crippen LogP contribution in [-0.2, 0) is 4.79 Å². The molecule has 0 aromatic rings. The molecule has 0 radical (unpaired) electrons. The van der Waals surface area contributed by atoms with Gasteiger partial charge in [0.05, 0.1) is 0 Å². The Morgan fingerprint density at radius 2 is 0.958 bits per heavy atom. The molecule has 0 aliphatic carbocycles. The lowest BCUT2D eigenvalue weighted by Gasteiger charge is -1.87. The van der Waals surface area contributed by atoms with Gasteiger partial charge in [-0.3, -0.25) is 4.79 Å². The number of carboxylic acids is 1. The summed E-state index contributed by atoms with van der Waals surface area (Å²) in [6, 6.07) is 0. The zero-order chi connectivity index (χ0) is 17.7. The van der Waals surface area contributed by atoms with Gasteiger partial charge in [0.25, 0.3) is 0 Å². The molecule has 0 atom stereocenters. The minimum Gasteiger partial charge on any atom is -0.481 e. The fourth-order valence-corrected chi connectivity index (χ4v) is 1.85. The third-order valence-electron chi connectivity index (χ3n) is 3.12. The molecule has 0 fully saturated rings.